The van der Waals surface area contributed by atoms with Crippen molar-refractivity contribution in [3.05, 3.63) is 101 Å². The van der Waals surface area contributed by atoms with Gasteiger partial charge >= 0.3 is 0 Å². The number of pyridine rings is 1. The van der Waals surface area contributed by atoms with Gasteiger partial charge in [0.15, 0.2) is 0 Å². The first-order chi connectivity index (χ1) is 15.9. The van der Waals surface area contributed by atoms with Crippen LogP contribution in [0.2, 0.25) is 0 Å². The number of aliphatic hydroxyl groups excluding tert-OH is 1. The number of carbonyl (C=O) groups excluding carboxylic acids is 2. The van der Waals surface area contributed by atoms with Crippen molar-refractivity contribution in [2.45, 2.75) is 32.5 Å². The van der Waals surface area contributed by atoms with Gasteiger partial charge in [-0.05, 0) is 55.8 Å². The van der Waals surface area contributed by atoms with Crippen molar-refractivity contribution < 1.29 is 23.8 Å². The Morgan fingerprint density at radius 2 is 1.82 bits per heavy atom. The number of aliphatic hydroxyl groups is 1. The third kappa shape index (κ3) is 4.48. The second-order valence-electron chi connectivity index (χ2n) is 8.00. The zero-order chi connectivity index (χ0) is 23.5. The first kappa shape index (κ1) is 22.2. The van der Waals surface area contributed by atoms with Crippen LogP contribution in [0.5, 0.6) is 5.75 Å². The summed E-state index contributed by atoms with van der Waals surface area (Å²) in [7, 11) is 0. The molecule has 1 N–H and O–H groups in total. The summed E-state index contributed by atoms with van der Waals surface area (Å²) in [6.45, 7) is 3.83. The van der Waals surface area contributed by atoms with E-state index in [1.807, 2.05) is 13.8 Å². The molecule has 3 aromatic rings. The van der Waals surface area contributed by atoms with Crippen molar-refractivity contribution in [1.82, 2.24) is 9.88 Å². The molecule has 1 saturated heterocycles. The van der Waals surface area contributed by atoms with Crippen LogP contribution in [-0.2, 0) is 16.1 Å². The summed E-state index contributed by atoms with van der Waals surface area (Å²) in [5, 5.41) is 11.1. The maximum Gasteiger partial charge on any atom is 0.295 e. The van der Waals surface area contributed by atoms with E-state index in [1.54, 1.807) is 54.9 Å². The Bertz CT molecular complexity index is 1210. The number of Topliss-reactive ketones (excluding diaryl/α,β-unsaturated/α-hetero) is 1. The molecule has 0 saturated carbocycles. The lowest BCUT2D eigenvalue weighted by atomic mass is 9.94. The molecule has 7 heteroatoms. The molecule has 1 amide bonds. The van der Waals surface area contributed by atoms with Crippen LogP contribution in [0.4, 0.5) is 4.39 Å². The van der Waals surface area contributed by atoms with E-state index in [9.17, 15) is 19.1 Å². The summed E-state index contributed by atoms with van der Waals surface area (Å²) in [5.41, 5.74) is 0.969. The molecule has 1 unspecified atom stereocenters. The van der Waals surface area contributed by atoms with E-state index in [4.69, 9.17) is 4.74 Å². The number of hydrogen-bond acceptors (Lipinski definition) is 5. The zero-order valence-electron chi connectivity index (χ0n) is 18.2. The number of aromatic nitrogens is 1. The smallest absolute Gasteiger partial charge is 0.295 e. The molecule has 33 heavy (non-hydrogen) atoms. The Balaban J connectivity index is 1.82. The Kier molecular flexibility index (Phi) is 6.22. The number of hydrogen-bond donors (Lipinski definition) is 1. The van der Waals surface area contributed by atoms with E-state index in [0.29, 0.717) is 16.9 Å². The fourth-order valence-corrected chi connectivity index (χ4v) is 3.87. The average Bonchev–Trinajstić information content (AvgIpc) is 3.04. The normalized spacial score (nSPS) is 17.6. The van der Waals surface area contributed by atoms with Gasteiger partial charge in [0.25, 0.3) is 11.7 Å². The molecule has 2 aromatic carbocycles. The number of benzene rings is 2. The van der Waals surface area contributed by atoms with Gasteiger partial charge in [0, 0.05) is 30.1 Å². The topological polar surface area (TPSA) is 79.7 Å². The van der Waals surface area contributed by atoms with Crippen LogP contribution in [-0.4, -0.2) is 32.8 Å². The Morgan fingerprint density at radius 1 is 1.09 bits per heavy atom. The largest absolute Gasteiger partial charge is 0.507 e. The van der Waals surface area contributed by atoms with E-state index in [0.717, 1.165) is 0 Å². The highest BCUT2D eigenvalue weighted by molar-refractivity contribution is 6.46. The molecule has 1 aliphatic heterocycles. The Hall–Kier alpha value is -4.00. The van der Waals surface area contributed by atoms with Crippen LogP contribution in [0.15, 0.2) is 78.6 Å². The van der Waals surface area contributed by atoms with Crippen molar-refractivity contribution in [1.29, 1.82) is 0 Å². The summed E-state index contributed by atoms with van der Waals surface area (Å²) in [5.74, 6) is -2.02. The molecule has 168 valence electrons. The zero-order valence-corrected chi connectivity index (χ0v) is 18.2. The molecule has 4 rings (SSSR count). The minimum atomic E-state index is -1.09. The number of likely N-dealkylation sites (tertiary alicyclic amines) is 1. The first-order valence-electron chi connectivity index (χ1n) is 10.6. The highest BCUT2D eigenvalue weighted by Gasteiger charge is 2.46. The number of carbonyl (C=O) groups is 2. The van der Waals surface area contributed by atoms with Crippen molar-refractivity contribution in [2.75, 3.05) is 0 Å². The van der Waals surface area contributed by atoms with Crippen LogP contribution in [0.3, 0.4) is 0 Å². The number of ether oxygens (including phenoxy) is 1. The quantitative estimate of drug-likeness (QED) is 0.339. The lowest BCUT2D eigenvalue weighted by Crippen LogP contribution is -2.29. The highest BCUT2D eigenvalue weighted by atomic mass is 19.1. The number of amides is 1. The maximum atomic E-state index is 14.8. The van der Waals surface area contributed by atoms with Gasteiger partial charge in [-0.25, -0.2) is 4.39 Å². The van der Waals surface area contributed by atoms with E-state index in [1.165, 1.54) is 23.1 Å². The van der Waals surface area contributed by atoms with Gasteiger partial charge in [-0.15, -0.1) is 0 Å². The summed E-state index contributed by atoms with van der Waals surface area (Å²) in [6, 6.07) is 14.8. The summed E-state index contributed by atoms with van der Waals surface area (Å²) in [4.78, 5) is 31.4. The molecule has 1 atom stereocenters. The van der Waals surface area contributed by atoms with Gasteiger partial charge in [0.05, 0.1) is 17.7 Å². The van der Waals surface area contributed by atoms with Crippen LogP contribution >= 0.6 is 0 Å². The highest BCUT2D eigenvalue weighted by Crippen LogP contribution is 2.41. The van der Waals surface area contributed by atoms with Gasteiger partial charge in [0.1, 0.15) is 17.3 Å². The lowest BCUT2D eigenvalue weighted by Gasteiger charge is -2.25. The minimum absolute atomic E-state index is 0.0247. The number of rotatable bonds is 6. The molecule has 0 spiro atoms. The minimum Gasteiger partial charge on any atom is -0.507 e. The van der Waals surface area contributed by atoms with E-state index in [2.05, 4.69) is 4.98 Å². The summed E-state index contributed by atoms with van der Waals surface area (Å²) < 4.78 is 20.5. The second-order valence-corrected chi connectivity index (χ2v) is 8.00. The van der Waals surface area contributed by atoms with Gasteiger partial charge in [0.2, 0.25) is 0 Å². The number of halogens is 1. The Labute approximate surface area is 191 Å². The molecule has 1 aromatic heterocycles. The SMILES string of the molecule is CC(C)Oc1ccc(C(O)=C2C(=O)C(=O)N(Cc3cccnc3)C2c2ccccc2F)cc1. The Morgan fingerprint density at radius 3 is 2.45 bits per heavy atom. The molecule has 2 heterocycles. The molecule has 1 aliphatic rings. The third-order valence-corrected chi connectivity index (χ3v) is 5.32. The number of nitrogens with zero attached hydrogens (tertiary/aromatic N) is 2. The van der Waals surface area contributed by atoms with Crippen LogP contribution in [0.1, 0.15) is 36.6 Å². The van der Waals surface area contributed by atoms with Crippen LogP contribution in [0.25, 0.3) is 5.76 Å². The molecule has 1 fully saturated rings. The maximum absolute atomic E-state index is 14.8. The fourth-order valence-electron chi connectivity index (χ4n) is 3.87. The van der Waals surface area contributed by atoms with Gasteiger partial charge in [-0.1, -0.05) is 24.3 Å². The van der Waals surface area contributed by atoms with Gasteiger partial charge < -0.3 is 14.7 Å². The van der Waals surface area contributed by atoms with Gasteiger partial charge in [-0.2, -0.15) is 0 Å². The van der Waals surface area contributed by atoms with E-state index >= 15 is 0 Å². The molecular weight excluding hydrogens is 423 g/mol. The van der Waals surface area contributed by atoms with E-state index < -0.39 is 23.5 Å². The standard InChI is InChI=1S/C26H23FN2O4/c1-16(2)33-19-11-9-18(10-12-19)24(30)22-23(20-7-3-4-8-21(20)27)29(26(32)25(22)31)15-17-6-5-13-28-14-17/h3-14,16,23,30H,15H2,1-2H3. The molecule has 0 aliphatic carbocycles. The third-order valence-electron chi connectivity index (χ3n) is 5.32. The predicted octanol–water partition coefficient (Wildman–Crippen LogP) is 4.63. The van der Waals surface area contributed by atoms with Crippen molar-refractivity contribution in [2.24, 2.45) is 0 Å². The lowest BCUT2D eigenvalue weighted by molar-refractivity contribution is -0.140. The van der Waals surface area contributed by atoms with Crippen LogP contribution in [0, 0.1) is 5.82 Å². The summed E-state index contributed by atoms with van der Waals surface area (Å²) in [6.07, 6.45) is 3.15. The van der Waals surface area contributed by atoms with Crippen molar-refractivity contribution in [3.63, 3.8) is 0 Å². The van der Waals surface area contributed by atoms with Gasteiger partial charge in [-0.3, -0.25) is 14.6 Å². The molecular formula is C26H23FN2O4. The second kappa shape index (κ2) is 9.24. The van der Waals surface area contributed by atoms with Crippen molar-refractivity contribution >= 4 is 17.4 Å². The van der Waals surface area contributed by atoms with Crippen molar-refractivity contribution in [3.8, 4) is 5.75 Å². The monoisotopic (exact) mass is 446 g/mol. The number of ketones is 1. The fraction of sp³-hybridized carbons (Fsp3) is 0.192. The van der Waals surface area contributed by atoms with E-state index in [-0.39, 0.29) is 29.5 Å². The molecule has 0 bridgehead atoms. The molecule has 0 radical (unpaired) electrons. The predicted molar refractivity (Wildman–Crippen MR) is 121 cm³/mol. The average molecular weight is 446 g/mol. The molecule has 6 nitrogen and oxygen atoms in total. The first-order valence-corrected chi connectivity index (χ1v) is 10.6. The summed E-state index contributed by atoms with van der Waals surface area (Å²) >= 11 is 0. The van der Waals surface area contributed by atoms with Crippen LogP contribution < -0.4 is 4.74 Å².